The lowest BCUT2D eigenvalue weighted by Gasteiger charge is -2.49. The number of fused-ring (bicyclic) bond motifs is 3. The Balaban J connectivity index is 1.91. The molecule has 2 heterocycles. The Hall–Kier alpha value is -2.75. The Morgan fingerprint density at radius 3 is 2.61 bits per heavy atom. The standard InChI is InChI=1S/C21H26N6O/c1-12(2)27-11-23-19(25-27)16-14-7-8-15-20(3,4)18(28)13(10-22)9-21(15,5)17(14)24-26(16)6/h9,11-12,15H,7-8H2,1-6H3/t15-,21-/m0/s1. The van der Waals surface area contributed by atoms with Crippen molar-refractivity contribution in [1.82, 2.24) is 24.5 Å². The van der Waals surface area contributed by atoms with Crippen molar-refractivity contribution in [2.75, 3.05) is 0 Å². The summed E-state index contributed by atoms with van der Waals surface area (Å²) in [6.45, 7) is 10.2. The van der Waals surface area contributed by atoms with E-state index in [1.165, 1.54) is 0 Å². The Bertz CT molecular complexity index is 1050. The van der Waals surface area contributed by atoms with Crippen LogP contribution in [-0.4, -0.2) is 30.3 Å². The van der Waals surface area contributed by atoms with E-state index in [1.807, 2.05) is 36.3 Å². The van der Waals surface area contributed by atoms with E-state index in [9.17, 15) is 10.1 Å². The average molecular weight is 378 g/mol. The smallest absolute Gasteiger partial charge is 0.199 e. The first kappa shape index (κ1) is 18.6. The van der Waals surface area contributed by atoms with Crippen LogP contribution in [0.5, 0.6) is 0 Å². The molecule has 0 saturated carbocycles. The van der Waals surface area contributed by atoms with Crippen LogP contribution in [0.3, 0.4) is 0 Å². The van der Waals surface area contributed by atoms with Crippen LogP contribution in [0.2, 0.25) is 0 Å². The van der Waals surface area contributed by atoms with Gasteiger partial charge in [-0.3, -0.25) is 9.48 Å². The largest absolute Gasteiger partial charge is 0.293 e. The van der Waals surface area contributed by atoms with E-state index in [0.717, 1.165) is 29.8 Å². The fraction of sp³-hybridized carbons (Fsp3) is 0.571. The summed E-state index contributed by atoms with van der Waals surface area (Å²) in [7, 11) is 1.91. The highest BCUT2D eigenvalue weighted by Crippen LogP contribution is 2.55. The molecule has 2 aromatic heterocycles. The van der Waals surface area contributed by atoms with Gasteiger partial charge >= 0.3 is 0 Å². The van der Waals surface area contributed by atoms with E-state index in [0.29, 0.717) is 5.82 Å². The molecule has 0 N–H and O–H groups in total. The summed E-state index contributed by atoms with van der Waals surface area (Å²) in [5.74, 6) is 0.707. The molecule has 28 heavy (non-hydrogen) atoms. The maximum Gasteiger partial charge on any atom is 0.199 e. The highest BCUT2D eigenvalue weighted by Gasteiger charge is 2.55. The van der Waals surface area contributed by atoms with Crippen LogP contribution in [0.15, 0.2) is 18.0 Å². The summed E-state index contributed by atoms with van der Waals surface area (Å²) in [5, 5.41) is 19.1. The van der Waals surface area contributed by atoms with E-state index in [2.05, 4.69) is 36.9 Å². The van der Waals surface area contributed by atoms with Crippen molar-refractivity contribution in [1.29, 1.82) is 5.26 Å². The number of carbonyl (C=O) groups excluding carboxylic acids is 1. The summed E-state index contributed by atoms with van der Waals surface area (Å²) in [4.78, 5) is 17.3. The van der Waals surface area contributed by atoms with Gasteiger partial charge in [-0.2, -0.15) is 10.4 Å². The Labute approximate surface area is 165 Å². The molecule has 0 unspecified atom stereocenters. The van der Waals surface area contributed by atoms with E-state index >= 15 is 0 Å². The minimum atomic E-state index is -0.596. The van der Waals surface area contributed by atoms with Gasteiger partial charge in [0.15, 0.2) is 11.6 Å². The lowest BCUT2D eigenvalue weighted by molar-refractivity contribution is -0.128. The fourth-order valence-corrected chi connectivity index (χ4v) is 5.14. The first-order chi connectivity index (χ1) is 13.1. The van der Waals surface area contributed by atoms with Crippen LogP contribution in [0.25, 0.3) is 11.5 Å². The first-order valence-electron chi connectivity index (χ1n) is 9.77. The molecular weight excluding hydrogens is 352 g/mol. The molecule has 7 heteroatoms. The number of Topliss-reactive ketones (excluding diaryl/α,β-unsaturated/α-hetero) is 1. The minimum absolute atomic E-state index is 0.0607. The molecule has 0 bridgehead atoms. The van der Waals surface area contributed by atoms with Gasteiger partial charge in [0.1, 0.15) is 18.1 Å². The number of nitriles is 1. The Kier molecular flexibility index (Phi) is 3.90. The maximum absolute atomic E-state index is 12.8. The van der Waals surface area contributed by atoms with Crippen LogP contribution < -0.4 is 0 Å². The molecule has 0 aliphatic heterocycles. The molecule has 0 saturated heterocycles. The maximum atomic E-state index is 12.8. The molecule has 0 spiro atoms. The van der Waals surface area contributed by atoms with Crippen molar-refractivity contribution < 1.29 is 4.79 Å². The van der Waals surface area contributed by atoms with Gasteiger partial charge in [0.2, 0.25) is 0 Å². The number of ketones is 1. The number of rotatable bonds is 2. The van der Waals surface area contributed by atoms with E-state index in [4.69, 9.17) is 5.10 Å². The average Bonchev–Trinajstić information content (AvgIpc) is 3.23. The zero-order valence-corrected chi connectivity index (χ0v) is 17.3. The molecule has 2 aliphatic carbocycles. The lowest BCUT2D eigenvalue weighted by Crippen LogP contribution is -2.51. The van der Waals surface area contributed by atoms with E-state index in [1.54, 1.807) is 6.33 Å². The Morgan fingerprint density at radius 2 is 2.00 bits per heavy atom. The third-order valence-corrected chi connectivity index (χ3v) is 6.58. The predicted octanol–water partition coefficient (Wildman–Crippen LogP) is 3.14. The van der Waals surface area contributed by atoms with Crippen molar-refractivity contribution in [3.05, 3.63) is 29.2 Å². The van der Waals surface area contributed by atoms with Crippen LogP contribution >= 0.6 is 0 Å². The van der Waals surface area contributed by atoms with Gasteiger partial charge in [-0.15, -0.1) is 5.10 Å². The molecule has 2 atom stereocenters. The number of nitrogens with zero attached hydrogens (tertiary/aromatic N) is 6. The summed E-state index contributed by atoms with van der Waals surface area (Å²) in [6.07, 6.45) is 5.28. The lowest BCUT2D eigenvalue weighted by atomic mass is 9.52. The molecular formula is C21H26N6O. The van der Waals surface area contributed by atoms with Crippen molar-refractivity contribution in [3.8, 4) is 17.6 Å². The van der Waals surface area contributed by atoms with Gasteiger partial charge in [-0.1, -0.05) is 26.8 Å². The molecule has 7 nitrogen and oxygen atoms in total. The minimum Gasteiger partial charge on any atom is -0.293 e. The van der Waals surface area contributed by atoms with Crippen LogP contribution in [-0.2, 0) is 23.7 Å². The number of hydrogen-bond acceptors (Lipinski definition) is 5. The highest BCUT2D eigenvalue weighted by atomic mass is 16.1. The third kappa shape index (κ3) is 2.33. The molecule has 2 aliphatic rings. The summed E-state index contributed by atoms with van der Waals surface area (Å²) < 4.78 is 3.69. The highest BCUT2D eigenvalue weighted by molar-refractivity contribution is 6.04. The van der Waals surface area contributed by atoms with Gasteiger partial charge in [-0.25, -0.2) is 9.67 Å². The second kappa shape index (κ2) is 5.87. The molecule has 0 radical (unpaired) electrons. The topological polar surface area (TPSA) is 89.4 Å². The van der Waals surface area contributed by atoms with Crippen LogP contribution in [0.4, 0.5) is 0 Å². The number of aryl methyl sites for hydroxylation is 1. The van der Waals surface area contributed by atoms with Crippen molar-refractivity contribution in [3.63, 3.8) is 0 Å². The predicted molar refractivity (Wildman–Crippen MR) is 104 cm³/mol. The first-order valence-corrected chi connectivity index (χ1v) is 9.77. The zero-order valence-electron chi connectivity index (χ0n) is 17.3. The second-order valence-corrected chi connectivity index (χ2v) is 9.04. The van der Waals surface area contributed by atoms with E-state index < -0.39 is 10.8 Å². The third-order valence-electron chi connectivity index (χ3n) is 6.58. The summed E-state index contributed by atoms with van der Waals surface area (Å²) >= 11 is 0. The number of hydrogen-bond donors (Lipinski definition) is 0. The number of carbonyl (C=O) groups is 1. The van der Waals surface area contributed by atoms with Crippen LogP contribution in [0.1, 0.15) is 58.3 Å². The van der Waals surface area contributed by atoms with Gasteiger partial charge in [0.05, 0.1) is 11.3 Å². The summed E-state index contributed by atoms with van der Waals surface area (Å²) in [6, 6.07) is 2.35. The van der Waals surface area contributed by atoms with Crippen molar-refractivity contribution in [2.24, 2.45) is 18.4 Å². The number of allylic oxidation sites excluding steroid dienone is 2. The quantitative estimate of drug-likeness (QED) is 0.801. The fourth-order valence-electron chi connectivity index (χ4n) is 5.14. The molecule has 0 fully saturated rings. The van der Waals surface area contributed by atoms with E-state index in [-0.39, 0.29) is 23.3 Å². The SMILES string of the molecule is CC(C)n1cnc(-c2c3c(nn2C)[C@@]2(C)C=C(C#N)C(=O)C(C)(C)[C@@H]2CC3)n1. The molecule has 2 aromatic rings. The van der Waals surface area contributed by atoms with Crippen LogP contribution in [0, 0.1) is 22.7 Å². The van der Waals surface area contributed by atoms with Gasteiger partial charge in [0, 0.05) is 29.5 Å². The molecule has 146 valence electrons. The number of aromatic nitrogens is 5. The molecule has 4 rings (SSSR count). The van der Waals surface area contributed by atoms with Crippen molar-refractivity contribution in [2.45, 2.75) is 58.9 Å². The van der Waals surface area contributed by atoms with Gasteiger partial charge in [-0.05, 0) is 32.6 Å². The van der Waals surface area contributed by atoms with Gasteiger partial charge in [0.25, 0.3) is 0 Å². The summed E-state index contributed by atoms with van der Waals surface area (Å²) in [5.41, 5.74) is 2.17. The molecule has 0 amide bonds. The molecule has 0 aromatic carbocycles. The van der Waals surface area contributed by atoms with Crippen molar-refractivity contribution >= 4 is 5.78 Å². The normalized spacial score (nSPS) is 25.9. The monoisotopic (exact) mass is 378 g/mol. The van der Waals surface area contributed by atoms with Gasteiger partial charge < -0.3 is 0 Å². The zero-order chi connectivity index (χ0) is 20.4. The second-order valence-electron chi connectivity index (χ2n) is 9.04. The Morgan fingerprint density at radius 1 is 1.29 bits per heavy atom.